The zero-order valence-corrected chi connectivity index (χ0v) is 12.5. The Morgan fingerprint density at radius 1 is 1.17 bits per heavy atom. The third kappa shape index (κ3) is 4.28. The van der Waals surface area contributed by atoms with E-state index >= 15 is 0 Å². The lowest BCUT2D eigenvalue weighted by molar-refractivity contribution is -0.131. The van der Waals surface area contributed by atoms with E-state index in [9.17, 15) is 13.2 Å². The number of pyridine rings is 1. The summed E-state index contributed by atoms with van der Waals surface area (Å²) in [5, 5.41) is 7.39. The molecule has 23 heavy (non-hydrogen) atoms. The molecule has 0 aromatic carbocycles. The molecule has 0 aliphatic carbocycles. The van der Waals surface area contributed by atoms with Crippen LogP contribution >= 0.6 is 0 Å². The van der Waals surface area contributed by atoms with Crippen LogP contribution in [-0.4, -0.2) is 32.8 Å². The van der Waals surface area contributed by atoms with Crippen molar-refractivity contribution in [1.82, 2.24) is 20.1 Å². The van der Waals surface area contributed by atoms with Crippen LogP contribution in [0.15, 0.2) is 28.9 Å². The minimum atomic E-state index is -4.34. The highest BCUT2D eigenvalue weighted by Crippen LogP contribution is 2.32. The number of alkyl halides is 3. The van der Waals surface area contributed by atoms with Crippen molar-refractivity contribution in [2.45, 2.75) is 44.4 Å². The summed E-state index contributed by atoms with van der Waals surface area (Å²) in [6.07, 6.45) is 0.771. The Hall–Kier alpha value is -1.96. The molecule has 1 saturated heterocycles. The number of hydrogen-bond donors (Lipinski definition) is 0. The topological polar surface area (TPSA) is 55.1 Å². The molecule has 3 heterocycles. The van der Waals surface area contributed by atoms with E-state index in [1.165, 1.54) is 0 Å². The molecule has 1 atom stereocenters. The Labute approximate surface area is 131 Å². The van der Waals surface area contributed by atoms with Crippen LogP contribution in [0.1, 0.15) is 42.6 Å². The number of halogens is 3. The number of rotatable bonds is 4. The summed E-state index contributed by atoms with van der Waals surface area (Å²) in [6, 6.07) is 3.72. The van der Waals surface area contributed by atoms with Gasteiger partial charge >= 0.3 is 6.18 Å². The molecule has 124 valence electrons. The third-order valence-corrected chi connectivity index (χ3v) is 3.87. The molecule has 0 radical (unpaired) electrons. The molecule has 1 aliphatic rings. The van der Waals surface area contributed by atoms with E-state index in [1.54, 1.807) is 12.4 Å². The highest BCUT2D eigenvalue weighted by atomic mass is 19.4. The maximum Gasteiger partial charge on any atom is 0.397 e. The van der Waals surface area contributed by atoms with Crippen LogP contribution in [0.4, 0.5) is 13.2 Å². The fourth-order valence-corrected chi connectivity index (χ4v) is 2.83. The van der Waals surface area contributed by atoms with E-state index in [0.29, 0.717) is 6.54 Å². The average Bonchev–Trinajstić information content (AvgIpc) is 2.95. The lowest BCUT2D eigenvalue weighted by Crippen LogP contribution is -2.33. The second-order valence-electron chi connectivity index (χ2n) is 5.66. The minimum Gasteiger partial charge on any atom is -0.423 e. The van der Waals surface area contributed by atoms with Crippen LogP contribution in [0.25, 0.3) is 0 Å². The highest BCUT2D eigenvalue weighted by molar-refractivity contribution is 5.10. The zero-order chi connectivity index (χ0) is 16.3. The monoisotopic (exact) mass is 326 g/mol. The molecular formula is C15H17F3N4O. The fraction of sp³-hybridized carbons (Fsp3) is 0.533. The number of nitrogens with zero attached hydrogens (tertiary/aromatic N) is 4. The van der Waals surface area contributed by atoms with Gasteiger partial charge in [-0.2, -0.15) is 13.2 Å². The van der Waals surface area contributed by atoms with Crippen LogP contribution in [0, 0.1) is 0 Å². The van der Waals surface area contributed by atoms with Gasteiger partial charge in [0.25, 0.3) is 0 Å². The average molecular weight is 326 g/mol. The van der Waals surface area contributed by atoms with E-state index in [0.717, 1.165) is 31.4 Å². The summed E-state index contributed by atoms with van der Waals surface area (Å²) in [6.45, 7) is 1.54. The van der Waals surface area contributed by atoms with Gasteiger partial charge in [0, 0.05) is 18.9 Å². The Bertz CT molecular complexity index is 629. The van der Waals surface area contributed by atoms with E-state index in [2.05, 4.69) is 20.1 Å². The maximum atomic E-state index is 12.4. The Morgan fingerprint density at radius 3 is 2.70 bits per heavy atom. The second kappa shape index (κ2) is 6.66. The predicted octanol–water partition coefficient (Wildman–Crippen LogP) is 3.30. The molecule has 0 bridgehead atoms. The van der Waals surface area contributed by atoms with Crippen molar-refractivity contribution < 1.29 is 17.6 Å². The number of aromatic nitrogens is 3. The van der Waals surface area contributed by atoms with Crippen molar-refractivity contribution in [3.63, 3.8) is 0 Å². The zero-order valence-electron chi connectivity index (χ0n) is 12.5. The van der Waals surface area contributed by atoms with Crippen molar-refractivity contribution in [3.8, 4) is 0 Å². The normalized spacial score (nSPS) is 19.9. The van der Waals surface area contributed by atoms with E-state index in [4.69, 9.17) is 4.42 Å². The largest absolute Gasteiger partial charge is 0.423 e. The summed E-state index contributed by atoms with van der Waals surface area (Å²) in [7, 11) is 0. The van der Waals surface area contributed by atoms with Gasteiger partial charge in [0.15, 0.2) is 0 Å². The van der Waals surface area contributed by atoms with Gasteiger partial charge in [0.05, 0.1) is 6.04 Å². The molecule has 5 nitrogen and oxygen atoms in total. The Morgan fingerprint density at radius 2 is 1.96 bits per heavy atom. The van der Waals surface area contributed by atoms with Gasteiger partial charge in [0.1, 0.15) is 6.42 Å². The first-order chi connectivity index (χ1) is 11.0. The van der Waals surface area contributed by atoms with Crippen molar-refractivity contribution in [2.24, 2.45) is 0 Å². The molecule has 2 aromatic heterocycles. The van der Waals surface area contributed by atoms with Gasteiger partial charge in [-0.05, 0) is 37.1 Å². The summed E-state index contributed by atoms with van der Waals surface area (Å²) < 4.78 is 42.5. The molecule has 1 unspecified atom stereocenters. The first kappa shape index (κ1) is 15.9. The molecule has 0 saturated carbocycles. The first-order valence-corrected chi connectivity index (χ1v) is 7.53. The number of hydrogen-bond acceptors (Lipinski definition) is 5. The van der Waals surface area contributed by atoms with E-state index < -0.39 is 12.6 Å². The first-order valence-electron chi connectivity index (χ1n) is 7.53. The van der Waals surface area contributed by atoms with E-state index in [1.807, 2.05) is 12.1 Å². The number of piperidine rings is 1. The van der Waals surface area contributed by atoms with Crippen molar-refractivity contribution in [2.75, 3.05) is 6.54 Å². The smallest absolute Gasteiger partial charge is 0.397 e. The molecule has 1 aliphatic heterocycles. The van der Waals surface area contributed by atoms with Gasteiger partial charge in [-0.15, -0.1) is 10.2 Å². The lowest BCUT2D eigenvalue weighted by Gasteiger charge is -2.33. The summed E-state index contributed by atoms with van der Waals surface area (Å²) >= 11 is 0. The van der Waals surface area contributed by atoms with E-state index in [-0.39, 0.29) is 17.8 Å². The molecular weight excluding hydrogens is 309 g/mol. The van der Waals surface area contributed by atoms with Crippen LogP contribution in [0.3, 0.4) is 0 Å². The quantitative estimate of drug-likeness (QED) is 0.863. The maximum absolute atomic E-state index is 12.4. The van der Waals surface area contributed by atoms with Crippen molar-refractivity contribution >= 4 is 0 Å². The van der Waals surface area contributed by atoms with Gasteiger partial charge in [-0.25, -0.2) is 0 Å². The van der Waals surface area contributed by atoms with Crippen LogP contribution < -0.4 is 0 Å². The van der Waals surface area contributed by atoms with Crippen LogP contribution in [-0.2, 0) is 13.0 Å². The molecule has 0 N–H and O–H groups in total. The molecule has 0 spiro atoms. The highest BCUT2D eigenvalue weighted by Gasteiger charge is 2.33. The Balaban J connectivity index is 1.73. The van der Waals surface area contributed by atoms with Crippen molar-refractivity contribution in [1.29, 1.82) is 0 Å². The van der Waals surface area contributed by atoms with Gasteiger partial charge in [0.2, 0.25) is 11.8 Å². The summed E-state index contributed by atoms with van der Waals surface area (Å²) in [4.78, 5) is 6.16. The molecule has 2 aromatic rings. The van der Waals surface area contributed by atoms with Gasteiger partial charge in [-0.1, -0.05) is 6.42 Å². The molecule has 8 heteroatoms. The molecule has 3 rings (SSSR count). The van der Waals surface area contributed by atoms with Crippen LogP contribution in [0.5, 0.6) is 0 Å². The SMILES string of the molecule is FC(F)(F)Cc1nnc(C2CCCCN2Cc2ccncc2)o1. The van der Waals surface area contributed by atoms with Gasteiger partial charge in [-0.3, -0.25) is 9.88 Å². The minimum absolute atomic E-state index is 0.133. The summed E-state index contributed by atoms with van der Waals surface area (Å²) in [5.74, 6) is -0.0973. The fourth-order valence-electron chi connectivity index (χ4n) is 2.83. The lowest BCUT2D eigenvalue weighted by atomic mass is 10.0. The number of likely N-dealkylation sites (tertiary alicyclic amines) is 1. The Kier molecular flexibility index (Phi) is 4.61. The third-order valence-electron chi connectivity index (χ3n) is 3.87. The molecule has 1 fully saturated rings. The second-order valence-corrected chi connectivity index (χ2v) is 5.66. The molecule has 0 amide bonds. The van der Waals surface area contributed by atoms with Gasteiger partial charge < -0.3 is 4.42 Å². The standard InChI is InChI=1S/C15H17F3N4O/c16-15(17,18)9-13-20-21-14(23-13)12-3-1-2-8-22(12)10-11-4-6-19-7-5-11/h4-7,12H,1-3,8-10H2. The van der Waals surface area contributed by atoms with Crippen molar-refractivity contribution in [3.05, 3.63) is 41.9 Å². The predicted molar refractivity (Wildman–Crippen MR) is 75.3 cm³/mol. The van der Waals surface area contributed by atoms with Crippen LogP contribution in [0.2, 0.25) is 0 Å². The summed E-state index contributed by atoms with van der Waals surface area (Å²) in [5.41, 5.74) is 1.10.